The summed E-state index contributed by atoms with van der Waals surface area (Å²) < 4.78 is 21.6. The number of imide groups is 1. The highest BCUT2D eigenvalue weighted by atomic mass is 31.2. The van der Waals surface area contributed by atoms with E-state index in [1.54, 1.807) is 4.67 Å². The van der Waals surface area contributed by atoms with Gasteiger partial charge in [-0.1, -0.05) is 12.2 Å². The maximum Gasteiger partial charge on any atom is 0.380 e. The van der Waals surface area contributed by atoms with Gasteiger partial charge in [0.15, 0.2) is 0 Å². The number of hydrogen-bond acceptors (Lipinski definition) is 4. The molecule has 1 saturated heterocycles. The molecule has 3 unspecified atom stereocenters. The van der Waals surface area contributed by atoms with Gasteiger partial charge >= 0.3 is 7.67 Å². The molecule has 5 atom stereocenters. The molecule has 2 amide bonds. The van der Waals surface area contributed by atoms with Crippen LogP contribution in [0.1, 0.15) is 34.1 Å². The predicted octanol–water partition coefficient (Wildman–Crippen LogP) is 2.67. The van der Waals surface area contributed by atoms with Crippen molar-refractivity contribution in [3.8, 4) is 0 Å². The number of amides is 2. The largest absolute Gasteiger partial charge is 0.380 e. The van der Waals surface area contributed by atoms with Crippen LogP contribution in [0.2, 0.25) is 0 Å². The Morgan fingerprint density at radius 2 is 1.52 bits per heavy atom. The molecule has 2 fully saturated rings. The molecule has 6 nitrogen and oxygen atoms in total. The summed E-state index contributed by atoms with van der Waals surface area (Å²) >= 11 is 0. The minimum atomic E-state index is -3.72. The van der Waals surface area contributed by atoms with Gasteiger partial charge in [-0.05, 0) is 46.0 Å². The molecule has 1 aliphatic heterocycles. The fourth-order valence-corrected chi connectivity index (χ4v) is 7.09. The number of fused-ring (bicyclic) bond motifs is 5. The number of carbonyl (C=O) groups excluding carboxylic acids is 2. The SMILES string of the molecule is COP(=O)(N1C(=O)C2C(C1=O)[C@H]1C=C[C@@H]2C1)N(C(C)C)C(C)C. The Balaban J connectivity index is 2.01. The monoisotopic (exact) mass is 340 g/mol. The molecule has 0 radical (unpaired) electrons. The first-order valence-corrected chi connectivity index (χ1v) is 9.78. The Morgan fingerprint density at radius 1 is 1.09 bits per heavy atom. The first kappa shape index (κ1) is 16.9. The second kappa shape index (κ2) is 5.54. The van der Waals surface area contributed by atoms with Crippen molar-refractivity contribution in [3.63, 3.8) is 0 Å². The van der Waals surface area contributed by atoms with Crippen molar-refractivity contribution in [1.29, 1.82) is 0 Å². The number of nitrogens with zero attached hydrogens (tertiary/aromatic N) is 2. The van der Waals surface area contributed by atoms with Gasteiger partial charge in [0.2, 0.25) is 11.8 Å². The Bertz CT molecular complexity index is 577. The van der Waals surface area contributed by atoms with E-state index in [2.05, 4.69) is 0 Å². The lowest BCUT2D eigenvalue weighted by atomic mass is 9.85. The lowest BCUT2D eigenvalue weighted by molar-refractivity contribution is -0.135. The summed E-state index contributed by atoms with van der Waals surface area (Å²) in [6.07, 6.45) is 4.91. The van der Waals surface area contributed by atoms with E-state index in [9.17, 15) is 14.2 Å². The summed E-state index contributed by atoms with van der Waals surface area (Å²) in [4.78, 5) is 25.9. The third-order valence-electron chi connectivity index (χ3n) is 5.29. The number of carbonyl (C=O) groups is 2. The average Bonchev–Trinajstić information content (AvgIpc) is 3.12. The molecule has 2 bridgehead atoms. The molecule has 128 valence electrons. The highest BCUT2D eigenvalue weighted by Crippen LogP contribution is 2.63. The second-order valence-corrected chi connectivity index (χ2v) is 9.44. The highest BCUT2D eigenvalue weighted by Gasteiger charge is 2.64. The van der Waals surface area contributed by atoms with Gasteiger partial charge in [-0.2, -0.15) is 4.67 Å². The van der Waals surface area contributed by atoms with E-state index < -0.39 is 7.67 Å². The lowest BCUT2D eigenvalue weighted by Gasteiger charge is -2.39. The Hall–Kier alpha value is -0.970. The van der Waals surface area contributed by atoms with Crippen LogP contribution in [0, 0.1) is 23.7 Å². The van der Waals surface area contributed by atoms with Crippen LogP contribution in [0.25, 0.3) is 0 Å². The summed E-state index contributed by atoms with van der Waals surface area (Å²) in [5.74, 6) is -1.17. The van der Waals surface area contributed by atoms with Crippen molar-refractivity contribution in [2.24, 2.45) is 23.7 Å². The minimum absolute atomic E-state index is 0.100. The van der Waals surface area contributed by atoms with E-state index in [-0.39, 0.29) is 47.6 Å². The molecule has 3 rings (SSSR count). The van der Waals surface area contributed by atoms with Crippen LogP contribution in [0.15, 0.2) is 12.2 Å². The summed E-state index contributed by atoms with van der Waals surface area (Å²) in [7, 11) is -2.40. The van der Waals surface area contributed by atoms with Gasteiger partial charge in [-0.15, -0.1) is 0 Å². The molecule has 0 aromatic heterocycles. The zero-order valence-electron chi connectivity index (χ0n) is 14.3. The lowest BCUT2D eigenvalue weighted by Crippen LogP contribution is -2.43. The van der Waals surface area contributed by atoms with E-state index in [4.69, 9.17) is 4.52 Å². The van der Waals surface area contributed by atoms with Crippen molar-refractivity contribution in [1.82, 2.24) is 9.34 Å². The Kier molecular flexibility index (Phi) is 4.06. The van der Waals surface area contributed by atoms with Crippen LogP contribution in [0.3, 0.4) is 0 Å². The zero-order valence-corrected chi connectivity index (χ0v) is 15.2. The van der Waals surface area contributed by atoms with Crippen LogP contribution in [0.4, 0.5) is 0 Å². The van der Waals surface area contributed by atoms with Gasteiger partial charge in [0, 0.05) is 19.2 Å². The van der Waals surface area contributed by atoms with Gasteiger partial charge in [0.1, 0.15) is 0 Å². The number of allylic oxidation sites excluding steroid dienone is 2. The highest BCUT2D eigenvalue weighted by molar-refractivity contribution is 7.55. The molecule has 7 heteroatoms. The average molecular weight is 340 g/mol. The molecule has 23 heavy (non-hydrogen) atoms. The Labute approximate surface area is 137 Å². The fourth-order valence-electron chi connectivity index (χ4n) is 4.59. The standard InChI is InChI=1S/C16H25N2O4P/c1-9(2)17(10(3)4)23(21,22-5)18-15(19)13-11-6-7-12(8-11)14(13)16(18)20/h6-7,9-14H,8H2,1-5H3/t11-,12+,13?,14?,23?. The molecular formula is C16H25N2O4P. The number of hydrogen-bond donors (Lipinski definition) is 0. The molecule has 2 aliphatic carbocycles. The van der Waals surface area contributed by atoms with Gasteiger partial charge in [0.05, 0.1) is 11.8 Å². The maximum atomic E-state index is 13.6. The van der Waals surface area contributed by atoms with Crippen LogP contribution < -0.4 is 0 Å². The molecule has 0 aromatic rings. The third kappa shape index (κ3) is 2.19. The first-order chi connectivity index (χ1) is 10.7. The van der Waals surface area contributed by atoms with Gasteiger partial charge < -0.3 is 4.52 Å². The topological polar surface area (TPSA) is 66.9 Å². The number of rotatable bonds is 5. The van der Waals surface area contributed by atoms with E-state index in [1.165, 1.54) is 7.11 Å². The van der Waals surface area contributed by atoms with Gasteiger partial charge in [0.25, 0.3) is 0 Å². The van der Waals surface area contributed by atoms with Crippen LogP contribution >= 0.6 is 7.67 Å². The summed E-state index contributed by atoms with van der Waals surface area (Å²) in [5, 5.41) is 0. The second-order valence-electron chi connectivity index (χ2n) is 7.23. The van der Waals surface area contributed by atoms with Crippen molar-refractivity contribution < 1.29 is 18.7 Å². The molecule has 1 saturated carbocycles. The molecule has 1 heterocycles. The normalized spacial score (nSPS) is 35.0. The fraction of sp³-hybridized carbons (Fsp3) is 0.750. The molecule has 0 aromatic carbocycles. The van der Waals surface area contributed by atoms with Crippen molar-refractivity contribution in [3.05, 3.63) is 12.2 Å². The van der Waals surface area contributed by atoms with Crippen molar-refractivity contribution in [2.45, 2.75) is 46.2 Å². The summed E-state index contributed by atoms with van der Waals surface area (Å²) in [6.45, 7) is 7.57. The van der Waals surface area contributed by atoms with Crippen LogP contribution in [0.5, 0.6) is 0 Å². The molecule has 0 N–H and O–H groups in total. The van der Waals surface area contributed by atoms with Crippen LogP contribution in [-0.2, 0) is 18.7 Å². The molecular weight excluding hydrogens is 315 g/mol. The van der Waals surface area contributed by atoms with Gasteiger partial charge in [-0.25, -0.2) is 9.24 Å². The third-order valence-corrected chi connectivity index (χ3v) is 8.17. The Morgan fingerprint density at radius 3 is 1.87 bits per heavy atom. The maximum absolute atomic E-state index is 13.6. The van der Waals surface area contributed by atoms with Crippen molar-refractivity contribution in [2.75, 3.05) is 7.11 Å². The van der Waals surface area contributed by atoms with E-state index >= 15 is 0 Å². The molecule has 3 aliphatic rings. The summed E-state index contributed by atoms with van der Waals surface area (Å²) in [5.41, 5.74) is 0. The first-order valence-electron chi connectivity index (χ1n) is 8.25. The zero-order chi connectivity index (χ0) is 17.1. The van der Waals surface area contributed by atoms with Crippen LogP contribution in [-0.4, -0.2) is 40.3 Å². The predicted molar refractivity (Wildman–Crippen MR) is 86.3 cm³/mol. The van der Waals surface area contributed by atoms with E-state index in [0.29, 0.717) is 0 Å². The minimum Gasteiger partial charge on any atom is -0.305 e. The van der Waals surface area contributed by atoms with E-state index in [0.717, 1.165) is 11.1 Å². The van der Waals surface area contributed by atoms with Crippen molar-refractivity contribution >= 4 is 19.5 Å². The van der Waals surface area contributed by atoms with Gasteiger partial charge in [-0.3, -0.25) is 9.59 Å². The van der Waals surface area contributed by atoms with E-state index in [1.807, 2.05) is 39.8 Å². The quantitative estimate of drug-likeness (QED) is 0.437. The summed E-state index contributed by atoms with van der Waals surface area (Å²) in [6, 6.07) is -0.228. The smallest absolute Gasteiger partial charge is 0.305 e. The molecule has 0 spiro atoms.